The van der Waals surface area contributed by atoms with Crippen molar-refractivity contribution in [1.29, 1.82) is 0 Å². The van der Waals surface area contributed by atoms with Crippen LogP contribution < -0.4 is 0 Å². The lowest BCUT2D eigenvalue weighted by atomic mass is 9.91. The molecule has 2 fully saturated rings. The lowest BCUT2D eigenvalue weighted by Gasteiger charge is -2.21. The Bertz CT molecular complexity index is 626. The molecule has 98 valence electrons. The monoisotopic (exact) mass is 318 g/mol. The van der Waals surface area contributed by atoms with Gasteiger partial charge in [0.15, 0.2) is 0 Å². The SMILES string of the molecule is Fc1ccc(C(Br)C2CC3CC3C2)c2ccccc12. The predicted molar refractivity (Wildman–Crippen MR) is 79.9 cm³/mol. The molecule has 19 heavy (non-hydrogen) atoms. The molecular formula is C17H16BrF. The zero-order chi connectivity index (χ0) is 13.0. The van der Waals surface area contributed by atoms with Crippen LogP contribution in [0.4, 0.5) is 4.39 Å². The topological polar surface area (TPSA) is 0 Å². The number of hydrogen-bond donors (Lipinski definition) is 0. The van der Waals surface area contributed by atoms with Crippen molar-refractivity contribution >= 4 is 26.7 Å². The number of benzene rings is 2. The number of alkyl halides is 1. The van der Waals surface area contributed by atoms with Crippen molar-refractivity contribution in [1.82, 2.24) is 0 Å². The van der Waals surface area contributed by atoms with Crippen molar-refractivity contribution in [3.8, 4) is 0 Å². The van der Waals surface area contributed by atoms with Gasteiger partial charge in [-0.15, -0.1) is 0 Å². The van der Waals surface area contributed by atoms with E-state index >= 15 is 0 Å². The first kappa shape index (κ1) is 11.9. The highest BCUT2D eigenvalue weighted by molar-refractivity contribution is 9.09. The first-order valence-electron chi connectivity index (χ1n) is 7.05. The van der Waals surface area contributed by atoms with E-state index in [-0.39, 0.29) is 5.82 Å². The third kappa shape index (κ3) is 1.92. The Hall–Kier alpha value is -0.890. The second-order valence-corrected chi connectivity index (χ2v) is 7.06. The van der Waals surface area contributed by atoms with Crippen molar-refractivity contribution in [2.45, 2.75) is 24.1 Å². The average Bonchev–Trinajstić information content (AvgIpc) is 3.05. The fourth-order valence-corrected chi connectivity index (χ4v) is 4.61. The van der Waals surface area contributed by atoms with Crippen molar-refractivity contribution in [2.75, 3.05) is 0 Å². The molecule has 2 aliphatic rings. The minimum absolute atomic E-state index is 0.117. The molecular weight excluding hydrogens is 303 g/mol. The Morgan fingerprint density at radius 2 is 1.63 bits per heavy atom. The highest BCUT2D eigenvalue weighted by Gasteiger charge is 2.47. The van der Waals surface area contributed by atoms with E-state index in [1.165, 1.54) is 24.8 Å². The molecule has 0 nitrogen and oxygen atoms in total. The van der Waals surface area contributed by atoms with Crippen LogP contribution >= 0.6 is 15.9 Å². The minimum atomic E-state index is -0.117. The standard InChI is InChI=1S/C17H16BrF/c18-17(12-8-10-7-11(10)9-12)15-5-6-16(19)14-4-2-1-3-13(14)15/h1-6,10-12,17H,7-9H2. The first-order valence-corrected chi connectivity index (χ1v) is 7.97. The predicted octanol–water partition coefficient (Wildman–Crippen LogP) is 5.46. The van der Waals surface area contributed by atoms with Crippen LogP contribution in [0.3, 0.4) is 0 Å². The second-order valence-electron chi connectivity index (χ2n) is 6.07. The largest absolute Gasteiger partial charge is 0.206 e. The molecule has 0 amide bonds. The Balaban J connectivity index is 1.76. The summed E-state index contributed by atoms with van der Waals surface area (Å²) in [5, 5.41) is 1.80. The molecule has 3 unspecified atom stereocenters. The van der Waals surface area contributed by atoms with E-state index in [9.17, 15) is 4.39 Å². The molecule has 0 bridgehead atoms. The molecule has 0 radical (unpaired) electrons. The summed E-state index contributed by atoms with van der Waals surface area (Å²) in [4.78, 5) is 0.366. The van der Waals surface area contributed by atoms with Gasteiger partial charge in [-0.1, -0.05) is 46.3 Å². The summed E-state index contributed by atoms with van der Waals surface area (Å²) in [6, 6.07) is 11.4. The first-order chi connectivity index (χ1) is 9.24. The Morgan fingerprint density at radius 1 is 0.947 bits per heavy atom. The highest BCUT2D eigenvalue weighted by atomic mass is 79.9. The fourth-order valence-electron chi connectivity index (χ4n) is 3.78. The lowest BCUT2D eigenvalue weighted by molar-refractivity contribution is 0.483. The summed E-state index contributed by atoms with van der Waals surface area (Å²) < 4.78 is 13.9. The van der Waals surface area contributed by atoms with Crippen LogP contribution in [0.15, 0.2) is 36.4 Å². The van der Waals surface area contributed by atoms with Crippen LogP contribution in [0.25, 0.3) is 10.8 Å². The number of fused-ring (bicyclic) bond motifs is 2. The summed E-state index contributed by atoms with van der Waals surface area (Å²) >= 11 is 3.88. The minimum Gasteiger partial charge on any atom is -0.206 e. The molecule has 2 aliphatic carbocycles. The lowest BCUT2D eigenvalue weighted by Crippen LogP contribution is -2.06. The van der Waals surface area contributed by atoms with Crippen molar-refractivity contribution in [3.63, 3.8) is 0 Å². The Kier molecular flexibility index (Phi) is 2.70. The van der Waals surface area contributed by atoms with E-state index in [0.717, 1.165) is 28.5 Å². The van der Waals surface area contributed by atoms with E-state index in [0.29, 0.717) is 4.83 Å². The molecule has 3 atom stereocenters. The molecule has 0 N–H and O–H groups in total. The summed E-state index contributed by atoms with van der Waals surface area (Å²) in [5.41, 5.74) is 1.25. The van der Waals surface area contributed by atoms with Gasteiger partial charge in [-0.25, -0.2) is 4.39 Å². The van der Waals surface area contributed by atoms with Crippen LogP contribution in [-0.4, -0.2) is 0 Å². The Labute approximate surface area is 121 Å². The van der Waals surface area contributed by atoms with E-state index in [4.69, 9.17) is 0 Å². The number of rotatable bonds is 2. The molecule has 2 aromatic carbocycles. The fraction of sp³-hybridized carbons (Fsp3) is 0.412. The third-order valence-corrected chi connectivity index (χ3v) is 6.14. The second kappa shape index (κ2) is 4.31. The molecule has 0 aromatic heterocycles. The summed E-state index contributed by atoms with van der Waals surface area (Å²) in [7, 11) is 0. The molecule has 2 heteroatoms. The zero-order valence-electron chi connectivity index (χ0n) is 10.7. The summed E-state index contributed by atoms with van der Waals surface area (Å²) in [6.07, 6.45) is 4.12. The van der Waals surface area contributed by atoms with Gasteiger partial charge in [0, 0.05) is 10.2 Å². The molecule has 0 aliphatic heterocycles. The zero-order valence-corrected chi connectivity index (χ0v) is 12.2. The highest BCUT2D eigenvalue weighted by Crippen LogP contribution is 2.59. The summed E-state index contributed by atoms with van der Waals surface area (Å²) in [6.45, 7) is 0. The Morgan fingerprint density at radius 3 is 2.37 bits per heavy atom. The van der Waals surface area contributed by atoms with Gasteiger partial charge in [0.1, 0.15) is 5.82 Å². The normalized spacial score (nSPS) is 30.3. The van der Waals surface area contributed by atoms with Gasteiger partial charge in [0.05, 0.1) is 0 Å². The van der Waals surface area contributed by atoms with Crippen molar-refractivity contribution in [3.05, 3.63) is 47.8 Å². The van der Waals surface area contributed by atoms with Crippen LogP contribution in [0.1, 0.15) is 29.7 Å². The van der Waals surface area contributed by atoms with Crippen LogP contribution in [-0.2, 0) is 0 Å². The molecule has 0 heterocycles. The van der Waals surface area contributed by atoms with Gasteiger partial charge < -0.3 is 0 Å². The number of halogens is 2. The quantitative estimate of drug-likeness (QED) is 0.645. The van der Waals surface area contributed by atoms with Crippen molar-refractivity contribution < 1.29 is 4.39 Å². The van der Waals surface area contributed by atoms with Crippen LogP contribution in [0.5, 0.6) is 0 Å². The van der Waals surface area contributed by atoms with Crippen LogP contribution in [0.2, 0.25) is 0 Å². The maximum absolute atomic E-state index is 13.9. The van der Waals surface area contributed by atoms with E-state index in [1.54, 1.807) is 6.07 Å². The molecule has 4 rings (SSSR count). The molecule has 0 spiro atoms. The van der Waals surface area contributed by atoms with Gasteiger partial charge in [-0.3, -0.25) is 0 Å². The molecule has 0 saturated heterocycles. The van der Waals surface area contributed by atoms with Gasteiger partial charge in [-0.05, 0) is 54.0 Å². The maximum atomic E-state index is 13.9. The van der Waals surface area contributed by atoms with Gasteiger partial charge in [0.2, 0.25) is 0 Å². The molecule has 2 aromatic rings. The average molecular weight is 319 g/mol. The van der Waals surface area contributed by atoms with Gasteiger partial charge in [-0.2, -0.15) is 0 Å². The van der Waals surface area contributed by atoms with Gasteiger partial charge >= 0.3 is 0 Å². The van der Waals surface area contributed by atoms with E-state index in [1.807, 2.05) is 30.3 Å². The smallest absolute Gasteiger partial charge is 0.131 e. The van der Waals surface area contributed by atoms with E-state index in [2.05, 4.69) is 15.9 Å². The maximum Gasteiger partial charge on any atom is 0.131 e. The molecule has 2 saturated carbocycles. The van der Waals surface area contributed by atoms with Gasteiger partial charge in [0.25, 0.3) is 0 Å². The third-order valence-electron chi connectivity index (χ3n) is 4.90. The van der Waals surface area contributed by atoms with Crippen molar-refractivity contribution in [2.24, 2.45) is 17.8 Å². The van der Waals surface area contributed by atoms with E-state index < -0.39 is 0 Å². The number of hydrogen-bond acceptors (Lipinski definition) is 0. The van der Waals surface area contributed by atoms with Crippen LogP contribution in [0, 0.1) is 23.6 Å². The summed E-state index contributed by atoms with van der Waals surface area (Å²) in [5.74, 6) is 2.57.